The highest BCUT2D eigenvalue weighted by Gasteiger charge is 2.38. The normalized spacial score (nSPS) is 20.0. The Morgan fingerprint density at radius 1 is 1.04 bits per heavy atom. The van der Waals surface area contributed by atoms with Crippen molar-refractivity contribution in [2.75, 3.05) is 37.4 Å². The summed E-state index contributed by atoms with van der Waals surface area (Å²) in [5.41, 5.74) is 2.36. The van der Waals surface area contributed by atoms with Crippen molar-refractivity contribution in [3.8, 4) is 17.2 Å². The van der Waals surface area contributed by atoms with Crippen LogP contribution in [0.5, 0.6) is 17.2 Å². The second kappa shape index (κ2) is 14.1. The van der Waals surface area contributed by atoms with E-state index in [9.17, 15) is 21.2 Å². The lowest BCUT2D eigenvalue weighted by Crippen LogP contribution is -2.42. The zero-order valence-corrected chi connectivity index (χ0v) is 28.3. The lowest BCUT2D eigenvalue weighted by molar-refractivity contribution is 0.0494. The van der Waals surface area contributed by atoms with Gasteiger partial charge in [-0.3, -0.25) is 4.90 Å². The molecule has 47 heavy (non-hydrogen) atoms. The Labute approximate surface area is 279 Å². The summed E-state index contributed by atoms with van der Waals surface area (Å²) in [6.07, 6.45) is 3.28. The van der Waals surface area contributed by atoms with Gasteiger partial charge in [0, 0.05) is 53.3 Å². The molecule has 11 nitrogen and oxygen atoms in total. The number of methoxy groups -OCH3 is 2. The van der Waals surface area contributed by atoms with E-state index in [2.05, 4.69) is 14.3 Å². The van der Waals surface area contributed by atoms with Gasteiger partial charge >= 0.3 is 0 Å². The van der Waals surface area contributed by atoms with E-state index in [-0.39, 0.29) is 46.1 Å². The number of aromatic nitrogens is 2. The van der Waals surface area contributed by atoms with Crippen molar-refractivity contribution in [3.05, 3.63) is 89.5 Å². The van der Waals surface area contributed by atoms with Crippen molar-refractivity contribution in [1.29, 1.82) is 0 Å². The lowest BCUT2D eigenvalue weighted by Gasteiger charge is -2.45. The van der Waals surface area contributed by atoms with Crippen molar-refractivity contribution in [2.45, 2.75) is 42.8 Å². The fraction of sp³-hybridized carbons (Fsp3) is 0.375. The fourth-order valence-electron chi connectivity index (χ4n) is 6.47. The van der Waals surface area contributed by atoms with Crippen LogP contribution in [0.2, 0.25) is 0 Å². The summed E-state index contributed by atoms with van der Waals surface area (Å²) in [6.45, 7) is 0.940. The smallest absolute Gasteiger partial charge is 0.266 e. The maximum absolute atomic E-state index is 14.3. The minimum atomic E-state index is -4.15. The molecule has 0 bridgehead atoms. The first-order valence-electron chi connectivity index (χ1n) is 15.1. The number of ether oxygens (including phenoxy) is 3. The first-order valence-corrected chi connectivity index (χ1v) is 18.7. The van der Waals surface area contributed by atoms with Gasteiger partial charge < -0.3 is 14.2 Å². The second-order valence-electron chi connectivity index (χ2n) is 11.5. The summed E-state index contributed by atoms with van der Waals surface area (Å²) in [4.78, 5) is 6.57. The van der Waals surface area contributed by atoms with Gasteiger partial charge in [-0.15, -0.1) is 0 Å². The average molecular weight is 703 g/mol. The van der Waals surface area contributed by atoms with Gasteiger partial charge in [0.05, 0.1) is 38.0 Å². The van der Waals surface area contributed by atoms with E-state index in [1.807, 2.05) is 0 Å². The van der Waals surface area contributed by atoms with Crippen LogP contribution in [-0.4, -0.2) is 64.2 Å². The molecule has 3 aromatic carbocycles. The first kappa shape index (κ1) is 33.1. The van der Waals surface area contributed by atoms with E-state index < -0.39 is 20.7 Å². The molecule has 3 heterocycles. The van der Waals surface area contributed by atoms with E-state index in [1.54, 1.807) is 55.6 Å². The third-order valence-corrected chi connectivity index (χ3v) is 12.1. The third-order valence-electron chi connectivity index (χ3n) is 8.77. The molecule has 0 saturated carbocycles. The molecule has 0 spiro atoms. The Balaban J connectivity index is 1.33. The Bertz CT molecular complexity index is 1880. The van der Waals surface area contributed by atoms with Crippen LogP contribution in [0.25, 0.3) is 0 Å². The molecule has 0 unspecified atom stereocenters. The third kappa shape index (κ3) is 7.08. The number of likely N-dealkylation sites (tertiary alicyclic amines) is 1. The molecule has 3 atom stereocenters. The summed E-state index contributed by atoms with van der Waals surface area (Å²) < 4.78 is 87.7. The van der Waals surface area contributed by atoms with Gasteiger partial charge in [-0.2, -0.15) is 4.37 Å². The van der Waals surface area contributed by atoms with Gasteiger partial charge in [0.2, 0.25) is 5.13 Å². The summed E-state index contributed by atoms with van der Waals surface area (Å²) in [7, 11) is -3.62. The Morgan fingerprint density at radius 2 is 1.85 bits per heavy atom. The summed E-state index contributed by atoms with van der Waals surface area (Å²) in [5, 5.41) is 0.198. The number of hydrogen-bond donors (Lipinski definition) is 1. The molecular weight excluding hydrogens is 668 g/mol. The molecule has 0 aliphatic carbocycles. The number of thiol groups is 1. The van der Waals surface area contributed by atoms with Gasteiger partial charge in [0.1, 0.15) is 40.1 Å². The molecule has 0 amide bonds. The number of rotatable bonds is 11. The molecular formula is C32H35FN4O7S3. The zero-order chi connectivity index (χ0) is 33.1. The van der Waals surface area contributed by atoms with E-state index in [0.29, 0.717) is 55.2 Å². The van der Waals surface area contributed by atoms with Gasteiger partial charge in [-0.1, -0.05) is 18.2 Å². The van der Waals surface area contributed by atoms with Crippen LogP contribution >= 0.6 is 11.5 Å². The van der Waals surface area contributed by atoms with E-state index >= 15 is 0 Å². The molecule has 1 fully saturated rings. The van der Waals surface area contributed by atoms with Crippen molar-refractivity contribution in [1.82, 2.24) is 14.3 Å². The molecule has 1 aromatic heterocycles. The van der Waals surface area contributed by atoms with Gasteiger partial charge in [0.15, 0.2) is 0 Å². The van der Waals surface area contributed by atoms with Gasteiger partial charge in [-0.25, -0.2) is 30.5 Å². The number of benzene rings is 3. The molecule has 2 aliphatic heterocycles. The van der Waals surface area contributed by atoms with Gasteiger partial charge in [-0.05, 0) is 61.2 Å². The molecule has 0 radical (unpaired) electrons. The number of sulfonamides is 1. The highest BCUT2D eigenvalue weighted by molar-refractivity contribution is 7.93. The number of halogens is 1. The van der Waals surface area contributed by atoms with Crippen molar-refractivity contribution >= 4 is 37.4 Å². The first-order chi connectivity index (χ1) is 22.7. The van der Waals surface area contributed by atoms with E-state index in [0.717, 1.165) is 22.7 Å². The Kier molecular flexibility index (Phi) is 9.96. The van der Waals surface area contributed by atoms with Crippen LogP contribution in [0.15, 0.2) is 71.9 Å². The maximum atomic E-state index is 14.3. The number of piperidine rings is 1. The van der Waals surface area contributed by atoms with Crippen molar-refractivity contribution < 1.29 is 35.4 Å². The van der Waals surface area contributed by atoms with Crippen LogP contribution in [0, 0.1) is 11.7 Å². The van der Waals surface area contributed by atoms with Crippen LogP contribution in [0.1, 0.15) is 48.0 Å². The quantitative estimate of drug-likeness (QED) is 0.214. The Morgan fingerprint density at radius 3 is 2.55 bits per heavy atom. The number of fused-ring (bicyclic) bond motifs is 1. The summed E-state index contributed by atoms with van der Waals surface area (Å²) in [5.74, 6) is 1.26. The largest absolute Gasteiger partial charge is 0.497 e. The molecule has 15 heteroatoms. The minimum absolute atomic E-state index is 0.00935. The van der Waals surface area contributed by atoms with Crippen molar-refractivity contribution in [2.24, 2.45) is 5.92 Å². The highest BCUT2D eigenvalue weighted by atomic mass is 32.2. The summed E-state index contributed by atoms with van der Waals surface area (Å²) >= 11 is 0.964. The van der Waals surface area contributed by atoms with Gasteiger partial charge in [0.25, 0.3) is 10.0 Å². The minimum Gasteiger partial charge on any atom is -0.497 e. The molecule has 1 saturated heterocycles. The number of hydrogen-bond acceptors (Lipinski definition) is 11. The molecule has 2 aliphatic rings. The molecule has 0 N–H and O–H groups in total. The monoisotopic (exact) mass is 702 g/mol. The van der Waals surface area contributed by atoms with E-state index in [4.69, 9.17) is 14.2 Å². The van der Waals surface area contributed by atoms with Crippen LogP contribution in [0.3, 0.4) is 0 Å². The van der Waals surface area contributed by atoms with Crippen LogP contribution in [0.4, 0.5) is 9.52 Å². The molecule has 4 aromatic rings. The Hall–Kier alpha value is -3.79. The fourth-order valence-corrected chi connectivity index (χ4v) is 9.37. The van der Waals surface area contributed by atoms with Crippen LogP contribution < -0.4 is 18.5 Å². The number of nitrogens with zero attached hydrogens (tertiary/aromatic N) is 4. The molecule has 6 rings (SSSR count). The highest BCUT2D eigenvalue weighted by Crippen LogP contribution is 2.46. The SMILES string of the molecule is COc1ccc(CN(c2ncns2)S(=O)(=O)c2ccc3c(c2)OCC[C@H]3N2CC[C@@H](C[SH](=O)=O)C[C@H]2c2ccc(F)cc2)c(OC)c1. The predicted octanol–water partition coefficient (Wildman–Crippen LogP) is 4.98. The maximum Gasteiger partial charge on any atom is 0.266 e. The summed E-state index contributed by atoms with van der Waals surface area (Å²) in [6, 6.07) is 16.2. The van der Waals surface area contributed by atoms with Crippen LogP contribution in [-0.2, 0) is 27.3 Å². The number of anilines is 1. The lowest BCUT2D eigenvalue weighted by atomic mass is 9.85. The topological polar surface area (TPSA) is 128 Å². The molecule has 250 valence electrons. The predicted molar refractivity (Wildman–Crippen MR) is 176 cm³/mol. The van der Waals surface area contributed by atoms with E-state index in [1.165, 1.54) is 29.9 Å². The van der Waals surface area contributed by atoms with Crippen molar-refractivity contribution in [3.63, 3.8) is 0 Å². The average Bonchev–Trinajstić information content (AvgIpc) is 3.61. The standard InChI is InChI=1S/C32H35FN4O7S3/c1-42-25-8-5-23(30(16-25)43-2)18-37(32-34-20-35-45-32)47(40,41)26-9-10-27-28(12-14-44-31(27)17-26)36-13-11-21(19-46(38)39)15-29(36)22-3-6-24(33)7-4-22/h3-10,16-17,20-21,28-29,46H,11-15,18-19H2,1-2H3/t21-,28-,29+/m1/s1. The zero-order valence-electron chi connectivity index (χ0n) is 25.8. The second-order valence-corrected chi connectivity index (χ2v) is 15.1.